The van der Waals surface area contributed by atoms with E-state index in [1.165, 1.54) is 40.5 Å². The van der Waals surface area contributed by atoms with Crippen molar-refractivity contribution in [3.8, 4) is 0 Å². The molecule has 1 aromatic heterocycles. The van der Waals surface area contributed by atoms with E-state index in [-0.39, 0.29) is 5.57 Å². The van der Waals surface area contributed by atoms with Gasteiger partial charge in [-0.05, 0) is 41.3 Å². The van der Waals surface area contributed by atoms with Gasteiger partial charge in [0.1, 0.15) is 5.82 Å². The van der Waals surface area contributed by atoms with Crippen molar-refractivity contribution >= 4 is 28.7 Å². The van der Waals surface area contributed by atoms with Gasteiger partial charge < -0.3 is 5.11 Å². The van der Waals surface area contributed by atoms with Crippen LogP contribution in [0.4, 0.5) is 10.1 Å². The molecular weight excluding hydrogens is 365 g/mol. The van der Waals surface area contributed by atoms with Gasteiger partial charge in [0.05, 0.1) is 16.5 Å². The summed E-state index contributed by atoms with van der Waals surface area (Å²) in [6.45, 7) is 0. The Labute approximate surface area is 158 Å². The summed E-state index contributed by atoms with van der Waals surface area (Å²) in [6.07, 6.45) is 0. The van der Waals surface area contributed by atoms with E-state index in [4.69, 9.17) is 0 Å². The maximum atomic E-state index is 13.4. The fourth-order valence-corrected chi connectivity index (χ4v) is 3.87. The smallest absolute Gasteiger partial charge is 0.294 e. The lowest BCUT2D eigenvalue weighted by atomic mass is 9.95. The molecule has 1 atom stereocenters. The molecule has 0 radical (unpaired) electrons. The highest BCUT2D eigenvalue weighted by atomic mass is 32.1. The van der Waals surface area contributed by atoms with Crippen molar-refractivity contribution in [2.75, 3.05) is 4.90 Å². The highest BCUT2D eigenvalue weighted by Gasteiger charge is 2.44. The Kier molecular flexibility index (Phi) is 4.33. The first-order valence-electron chi connectivity index (χ1n) is 8.23. The molecule has 1 amide bonds. The lowest BCUT2D eigenvalue weighted by molar-refractivity contribution is -0.117. The number of hydrogen-bond donors (Lipinski definition) is 1. The van der Waals surface area contributed by atoms with Gasteiger partial charge in [0.25, 0.3) is 5.91 Å². The van der Waals surface area contributed by atoms with E-state index in [0.29, 0.717) is 16.1 Å². The van der Waals surface area contributed by atoms with Crippen molar-refractivity contribution in [1.29, 1.82) is 0 Å². The van der Waals surface area contributed by atoms with Gasteiger partial charge in [-0.1, -0.05) is 36.4 Å². The molecule has 4 nitrogen and oxygen atoms in total. The third kappa shape index (κ3) is 2.94. The second kappa shape index (κ2) is 6.81. The molecule has 134 valence electrons. The average molecular weight is 379 g/mol. The molecular formula is C21H14FNO3S. The Morgan fingerprint density at radius 3 is 2.33 bits per heavy atom. The minimum absolute atomic E-state index is 0.00193. The van der Waals surface area contributed by atoms with Gasteiger partial charge in [-0.25, -0.2) is 4.39 Å². The lowest BCUT2D eigenvalue weighted by Gasteiger charge is -2.26. The van der Waals surface area contributed by atoms with Crippen LogP contribution in [0.3, 0.4) is 0 Å². The van der Waals surface area contributed by atoms with Gasteiger partial charge in [0, 0.05) is 5.69 Å². The number of benzene rings is 2. The minimum atomic E-state index is -0.838. The lowest BCUT2D eigenvalue weighted by Crippen LogP contribution is -2.30. The Balaban J connectivity index is 1.88. The molecule has 0 bridgehead atoms. The Morgan fingerprint density at radius 1 is 1.00 bits per heavy atom. The number of aliphatic hydroxyl groups is 1. The molecule has 0 aliphatic carbocycles. The van der Waals surface area contributed by atoms with Crippen molar-refractivity contribution in [1.82, 2.24) is 0 Å². The van der Waals surface area contributed by atoms with E-state index in [1.807, 2.05) is 6.07 Å². The number of ketones is 1. The molecule has 4 rings (SSSR count). The number of hydrogen-bond acceptors (Lipinski definition) is 4. The summed E-state index contributed by atoms with van der Waals surface area (Å²) >= 11 is 1.23. The van der Waals surface area contributed by atoms with Crippen LogP contribution in [0.15, 0.2) is 83.4 Å². The summed E-state index contributed by atoms with van der Waals surface area (Å²) in [5.74, 6) is -2.07. The van der Waals surface area contributed by atoms with Crippen LogP contribution < -0.4 is 4.90 Å². The topological polar surface area (TPSA) is 57.6 Å². The molecule has 0 saturated carbocycles. The summed E-state index contributed by atoms with van der Waals surface area (Å²) in [5, 5.41) is 12.3. The van der Waals surface area contributed by atoms with Gasteiger partial charge in [-0.3, -0.25) is 14.5 Å². The van der Waals surface area contributed by atoms with E-state index in [0.717, 1.165) is 0 Å². The zero-order chi connectivity index (χ0) is 19.0. The molecule has 1 N–H and O–H groups in total. The van der Waals surface area contributed by atoms with Crippen molar-refractivity contribution < 1.29 is 19.1 Å². The molecule has 1 unspecified atom stereocenters. The average Bonchev–Trinajstić information content (AvgIpc) is 3.31. The fourth-order valence-electron chi connectivity index (χ4n) is 3.19. The zero-order valence-electron chi connectivity index (χ0n) is 14.0. The van der Waals surface area contributed by atoms with Crippen LogP contribution in [0.25, 0.3) is 0 Å². The predicted octanol–water partition coefficient (Wildman–Crippen LogP) is 4.67. The molecule has 2 heterocycles. The highest BCUT2D eigenvalue weighted by molar-refractivity contribution is 7.12. The summed E-state index contributed by atoms with van der Waals surface area (Å²) in [5.41, 5.74) is 1.08. The Hall–Kier alpha value is -3.25. The second-order valence-corrected chi connectivity index (χ2v) is 6.98. The van der Waals surface area contributed by atoms with Gasteiger partial charge in [0.2, 0.25) is 5.78 Å². The first kappa shape index (κ1) is 17.2. The molecule has 1 aliphatic rings. The number of nitrogens with zero attached hydrogens (tertiary/aromatic N) is 1. The predicted molar refractivity (Wildman–Crippen MR) is 101 cm³/mol. The van der Waals surface area contributed by atoms with Gasteiger partial charge in [-0.2, -0.15) is 0 Å². The van der Waals surface area contributed by atoms with E-state index in [1.54, 1.807) is 41.8 Å². The zero-order valence-corrected chi connectivity index (χ0v) is 14.8. The van der Waals surface area contributed by atoms with Crippen molar-refractivity contribution in [3.05, 3.63) is 99.7 Å². The summed E-state index contributed by atoms with van der Waals surface area (Å²) < 4.78 is 13.4. The number of anilines is 1. The van der Waals surface area contributed by atoms with Crippen LogP contribution >= 0.6 is 11.3 Å². The number of rotatable bonds is 4. The maximum Gasteiger partial charge on any atom is 0.294 e. The number of aliphatic hydroxyl groups excluding tert-OH is 1. The fraction of sp³-hybridized carbons (Fsp3) is 0.0476. The monoisotopic (exact) mass is 379 g/mol. The second-order valence-electron chi connectivity index (χ2n) is 6.03. The van der Waals surface area contributed by atoms with Crippen molar-refractivity contribution in [2.45, 2.75) is 6.04 Å². The van der Waals surface area contributed by atoms with Gasteiger partial charge in [0.15, 0.2) is 5.76 Å². The molecule has 2 aromatic carbocycles. The summed E-state index contributed by atoms with van der Waals surface area (Å²) in [6, 6.07) is 16.9. The molecule has 6 heteroatoms. The van der Waals surface area contributed by atoms with Gasteiger partial charge >= 0.3 is 0 Å². The van der Waals surface area contributed by atoms with Crippen LogP contribution in [0.5, 0.6) is 0 Å². The molecule has 3 aromatic rings. The third-order valence-electron chi connectivity index (χ3n) is 4.42. The SMILES string of the molecule is O=C(C1=C(O)C(=O)N(c2ccccc2)C1c1ccc(F)cc1)c1cccs1. The number of carbonyl (C=O) groups excluding carboxylic acids is 2. The first-order chi connectivity index (χ1) is 13.1. The largest absolute Gasteiger partial charge is 0.503 e. The third-order valence-corrected chi connectivity index (χ3v) is 5.29. The van der Waals surface area contributed by atoms with Crippen LogP contribution in [0, 0.1) is 5.82 Å². The van der Waals surface area contributed by atoms with E-state index < -0.39 is 29.3 Å². The Bertz CT molecular complexity index is 1030. The minimum Gasteiger partial charge on any atom is -0.503 e. The van der Waals surface area contributed by atoms with Crippen LogP contribution in [-0.4, -0.2) is 16.8 Å². The number of Topliss-reactive ketones (excluding diaryl/α,β-unsaturated/α-hetero) is 1. The molecule has 0 saturated heterocycles. The van der Waals surface area contributed by atoms with E-state index >= 15 is 0 Å². The van der Waals surface area contributed by atoms with Crippen LogP contribution in [0.2, 0.25) is 0 Å². The highest BCUT2D eigenvalue weighted by Crippen LogP contribution is 2.42. The quantitative estimate of drug-likeness (QED) is 0.670. The summed E-state index contributed by atoms with van der Waals surface area (Å²) in [4.78, 5) is 27.7. The number of halogens is 1. The standard InChI is InChI=1S/C21H14FNO3S/c22-14-10-8-13(9-11-14)18-17(19(24)16-7-4-12-27-16)20(25)21(26)23(18)15-5-2-1-3-6-15/h1-12,18,25H. The maximum absolute atomic E-state index is 13.4. The van der Waals surface area contributed by atoms with Crippen molar-refractivity contribution in [2.24, 2.45) is 0 Å². The van der Waals surface area contributed by atoms with Gasteiger partial charge in [-0.15, -0.1) is 11.3 Å². The number of thiophene rings is 1. The van der Waals surface area contributed by atoms with Crippen LogP contribution in [0.1, 0.15) is 21.3 Å². The molecule has 27 heavy (non-hydrogen) atoms. The van der Waals surface area contributed by atoms with Crippen molar-refractivity contribution in [3.63, 3.8) is 0 Å². The van der Waals surface area contributed by atoms with E-state index in [9.17, 15) is 19.1 Å². The first-order valence-corrected chi connectivity index (χ1v) is 9.11. The normalized spacial score (nSPS) is 16.9. The summed E-state index contributed by atoms with van der Waals surface area (Å²) in [7, 11) is 0. The number of carbonyl (C=O) groups is 2. The van der Waals surface area contributed by atoms with Crippen LogP contribution in [-0.2, 0) is 4.79 Å². The van der Waals surface area contributed by atoms with E-state index in [2.05, 4.69) is 0 Å². The molecule has 0 spiro atoms. The molecule has 1 aliphatic heterocycles. The Morgan fingerprint density at radius 2 is 1.70 bits per heavy atom. The number of para-hydroxylation sites is 1. The molecule has 0 fully saturated rings. The number of amides is 1.